The highest BCUT2D eigenvalue weighted by Crippen LogP contribution is 2.38. The lowest BCUT2D eigenvalue weighted by Crippen LogP contribution is -2.17. The summed E-state index contributed by atoms with van der Waals surface area (Å²) in [6, 6.07) is 5.85. The third-order valence-corrected chi connectivity index (χ3v) is 6.59. The van der Waals surface area contributed by atoms with E-state index in [9.17, 15) is 22.0 Å². The summed E-state index contributed by atoms with van der Waals surface area (Å²) in [5, 5.41) is 2.74. The zero-order chi connectivity index (χ0) is 22.7. The van der Waals surface area contributed by atoms with Gasteiger partial charge in [0, 0.05) is 26.0 Å². The van der Waals surface area contributed by atoms with E-state index >= 15 is 0 Å². The van der Waals surface area contributed by atoms with Gasteiger partial charge in [-0.05, 0) is 43.2 Å². The quantitative estimate of drug-likeness (QED) is 0.646. The van der Waals surface area contributed by atoms with Crippen molar-refractivity contribution in [3.63, 3.8) is 0 Å². The van der Waals surface area contributed by atoms with Crippen molar-refractivity contribution in [3.05, 3.63) is 42.0 Å². The Morgan fingerprint density at radius 1 is 1.29 bits per heavy atom. The van der Waals surface area contributed by atoms with Gasteiger partial charge >= 0.3 is 0 Å². The molecule has 10 heteroatoms. The molecule has 1 saturated carbocycles. The number of nitrogens with zero attached hydrogens (tertiary/aromatic N) is 3. The van der Waals surface area contributed by atoms with Crippen LogP contribution >= 0.6 is 0 Å². The van der Waals surface area contributed by atoms with Crippen LogP contribution in [-0.2, 0) is 21.7 Å². The number of fused-ring (bicyclic) bond motifs is 1. The van der Waals surface area contributed by atoms with Crippen LogP contribution in [0.5, 0.6) is 0 Å². The molecule has 1 N–H and O–H groups in total. The third-order valence-electron chi connectivity index (χ3n) is 5.50. The van der Waals surface area contributed by atoms with Crippen LogP contribution in [0.1, 0.15) is 12.0 Å². The fraction of sp³-hybridized carbons (Fsp3) is 0.333. The van der Waals surface area contributed by atoms with Gasteiger partial charge in [0.25, 0.3) is 0 Å². The average molecular weight is 448 g/mol. The average Bonchev–Trinajstić information content (AvgIpc) is 3.30. The van der Waals surface area contributed by atoms with Gasteiger partial charge in [0.2, 0.25) is 5.91 Å². The fourth-order valence-electron chi connectivity index (χ4n) is 3.64. The molecular weight excluding hydrogens is 426 g/mol. The zero-order valence-electron chi connectivity index (χ0n) is 17.5. The Labute approximate surface area is 178 Å². The molecule has 1 aliphatic rings. The van der Waals surface area contributed by atoms with E-state index in [1.54, 1.807) is 48.9 Å². The Bertz CT molecular complexity index is 1300. The fourth-order valence-corrected chi connectivity index (χ4v) is 4.35. The van der Waals surface area contributed by atoms with E-state index in [-0.39, 0.29) is 17.0 Å². The Morgan fingerprint density at radius 3 is 2.55 bits per heavy atom. The molecule has 0 bridgehead atoms. The molecule has 2 unspecified atom stereocenters. The maximum atomic E-state index is 14.9. The summed E-state index contributed by atoms with van der Waals surface area (Å²) < 4.78 is 53.6. The lowest BCUT2D eigenvalue weighted by atomic mass is 10.1. The molecule has 0 spiro atoms. The number of benzene rings is 2. The highest BCUT2D eigenvalue weighted by Gasteiger charge is 2.43. The second-order valence-electron chi connectivity index (χ2n) is 7.97. The molecule has 0 saturated heterocycles. The van der Waals surface area contributed by atoms with Crippen molar-refractivity contribution in [3.8, 4) is 0 Å². The van der Waals surface area contributed by atoms with Crippen LogP contribution in [0.15, 0.2) is 35.5 Å². The van der Waals surface area contributed by atoms with Crippen LogP contribution < -0.4 is 10.2 Å². The van der Waals surface area contributed by atoms with Gasteiger partial charge < -0.3 is 14.8 Å². The first-order chi connectivity index (χ1) is 14.5. The van der Waals surface area contributed by atoms with Gasteiger partial charge in [-0.1, -0.05) is 0 Å². The number of halogens is 2. The number of rotatable bonds is 5. The van der Waals surface area contributed by atoms with E-state index in [4.69, 9.17) is 0 Å². The van der Waals surface area contributed by atoms with Crippen LogP contribution in [0.2, 0.25) is 0 Å². The maximum Gasteiger partial charge on any atom is 0.230 e. The summed E-state index contributed by atoms with van der Waals surface area (Å²) in [6.45, 7) is 1.63. The van der Waals surface area contributed by atoms with Crippen LogP contribution in [-0.4, -0.2) is 43.4 Å². The highest BCUT2D eigenvalue weighted by molar-refractivity contribution is 7.90. The van der Waals surface area contributed by atoms with Gasteiger partial charge in [-0.2, -0.15) is 0 Å². The summed E-state index contributed by atoms with van der Waals surface area (Å²) in [7, 11) is -0.123. The first-order valence-corrected chi connectivity index (χ1v) is 11.5. The lowest BCUT2D eigenvalue weighted by molar-refractivity contribution is -0.117. The van der Waals surface area contributed by atoms with Crippen molar-refractivity contribution in [2.45, 2.75) is 24.4 Å². The number of sulfone groups is 1. The van der Waals surface area contributed by atoms with Gasteiger partial charge in [-0.25, -0.2) is 22.2 Å². The largest absolute Gasteiger partial charge is 0.342 e. The molecule has 1 aromatic heterocycles. The summed E-state index contributed by atoms with van der Waals surface area (Å²) in [4.78, 5) is 18.1. The first-order valence-electron chi connectivity index (χ1n) is 9.61. The van der Waals surface area contributed by atoms with Gasteiger partial charge in [0.05, 0.1) is 34.0 Å². The van der Waals surface area contributed by atoms with Gasteiger partial charge in [0.15, 0.2) is 9.84 Å². The minimum Gasteiger partial charge on any atom is -0.342 e. The second kappa shape index (κ2) is 7.30. The molecule has 2 atom stereocenters. The molecule has 31 heavy (non-hydrogen) atoms. The summed E-state index contributed by atoms with van der Waals surface area (Å²) in [5.41, 5.74) is 2.82. The van der Waals surface area contributed by atoms with Crippen LogP contribution in [0.4, 0.5) is 25.8 Å². The van der Waals surface area contributed by atoms with Crippen molar-refractivity contribution < 1.29 is 22.0 Å². The Hall–Kier alpha value is -3.01. The van der Waals surface area contributed by atoms with E-state index in [2.05, 4.69) is 10.3 Å². The number of amides is 1. The molecule has 0 aliphatic heterocycles. The molecule has 1 heterocycles. The van der Waals surface area contributed by atoms with E-state index < -0.39 is 33.7 Å². The number of alkyl halides is 1. The van der Waals surface area contributed by atoms with Crippen LogP contribution in [0.25, 0.3) is 11.0 Å². The second-order valence-corrected chi connectivity index (χ2v) is 9.98. The van der Waals surface area contributed by atoms with E-state index in [0.717, 1.165) is 12.3 Å². The first kappa shape index (κ1) is 21.2. The third kappa shape index (κ3) is 3.87. The van der Waals surface area contributed by atoms with Crippen molar-refractivity contribution >= 4 is 43.8 Å². The molecule has 4 rings (SSSR count). The molecular formula is C21H22F2N4O3S. The normalized spacial score (nSPS) is 18.3. The van der Waals surface area contributed by atoms with Gasteiger partial charge in [-0.15, -0.1) is 0 Å². The summed E-state index contributed by atoms with van der Waals surface area (Å²) >= 11 is 0. The number of aromatic nitrogens is 2. The molecule has 1 aliphatic carbocycles. The Balaban J connectivity index is 1.79. The smallest absolute Gasteiger partial charge is 0.230 e. The predicted molar refractivity (Wildman–Crippen MR) is 115 cm³/mol. The number of nitrogens with one attached hydrogen (secondary N) is 1. The molecule has 1 amide bonds. The minimum atomic E-state index is -3.56. The number of hydrogen-bond donors (Lipinski definition) is 1. The van der Waals surface area contributed by atoms with E-state index in [1.165, 1.54) is 6.07 Å². The number of carbonyl (C=O) groups excluding carboxylic acids is 1. The Morgan fingerprint density at radius 2 is 1.97 bits per heavy atom. The number of anilines is 3. The highest BCUT2D eigenvalue weighted by atomic mass is 32.2. The lowest BCUT2D eigenvalue weighted by Gasteiger charge is -2.24. The number of imidazole rings is 1. The Kier molecular flexibility index (Phi) is 5.00. The molecule has 2 aromatic carbocycles. The molecule has 0 radical (unpaired) electrons. The topological polar surface area (TPSA) is 84.3 Å². The standard InChI is InChI=1S/C21H22F2N4O3S/c1-11-5-13(31(4,29)30)8-16(23)20(11)27(3)12-6-17(25-21(28)14-9-15(14)22)19-18(7-12)26(2)10-24-19/h5-8,10,14-15H,9H2,1-4H3,(H,25,28). The van der Waals surface area contributed by atoms with E-state index in [0.29, 0.717) is 28.0 Å². The number of carbonyl (C=O) groups is 1. The van der Waals surface area contributed by atoms with Crippen molar-refractivity contribution in [2.24, 2.45) is 13.0 Å². The van der Waals surface area contributed by atoms with Crippen molar-refractivity contribution in [1.82, 2.24) is 9.55 Å². The van der Waals surface area contributed by atoms with Crippen LogP contribution in [0, 0.1) is 18.7 Å². The summed E-state index contributed by atoms with van der Waals surface area (Å²) in [6.07, 6.45) is 1.69. The molecule has 1 fully saturated rings. The van der Waals surface area contributed by atoms with Crippen LogP contribution in [0.3, 0.4) is 0 Å². The zero-order valence-corrected chi connectivity index (χ0v) is 18.3. The van der Waals surface area contributed by atoms with E-state index in [1.807, 2.05) is 0 Å². The molecule has 7 nitrogen and oxygen atoms in total. The predicted octanol–water partition coefficient (Wildman–Crippen LogP) is 3.49. The number of aryl methyl sites for hydroxylation is 2. The van der Waals surface area contributed by atoms with Crippen molar-refractivity contribution in [1.29, 1.82) is 0 Å². The molecule has 3 aromatic rings. The van der Waals surface area contributed by atoms with Crippen molar-refractivity contribution in [2.75, 3.05) is 23.5 Å². The van der Waals surface area contributed by atoms with Gasteiger partial charge in [-0.3, -0.25) is 4.79 Å². The van der Waals surface area contributed by atoms with Gasteiger partial charge in [0.1, 0.15) is 17.5 Å². The minimum absolute atomic E-state index is 0.0973. The maximum absolute atomic E-state index is 14.9. The summed E-state index contributed by atoms with van der Waals surface area (Å²) in [5.74, 6) is -1.76. The monoisotopic (exact) mass is 448 g/mol. The SMILES string of the molecule is Cc1cc(S(C)(=O)=O)cc(F)c1N(C)c1cc(NC(=O)C2CC2F)c2ncn(C)c2c1. The molecule has 164 valence electrons. The number of hydrogen-bond acceptors (Lipinski definition) is 5.